The van der Waals surface area contributed by atoms with Crippen molar-refractivity contribution in [2.75, 3.05) is 0 Å². The minimum absolute atomic E-state index is 0.00622. The minimum Gasteiger partial charge on any atom is -0.453 e. The Hall–Kier alpha value is -3.10. The molecule has 0 aliphatic heterocycles. The molecule has 4 rings (SSSR count). The van der Waals surface area contributed by atoms with Crippen LogP contribution < -0.4 is 0 Å². The fourth-order valence-corrected chi connectivity index (χ4v) is 3.40. The van der Waals surface area contributed by atoms with Crippen LogP contribution in [0.4, 0.5) is 4.39 Å². The van der Waals surface area contributed by atoms with E-state index in [1.165, 1.54) is 12.1 Å². The number of unbranched alkanes of at least 4 members (excludes halogenated alkanes) is 1. The zero-order valence-electron chi connectivity index (χ0n) is 15.6. The molecule has 146 valence electrons. The number of aromatic nitrogens is 6. The lowest BCUT2D eigenvalue weighted by Crippen LogP contribution is -2.13. The molecular formula is C19H21FN6O2. The summed E-state index contributed by atoms with van der Waals surface area (Å²) < 4.78 is 22.0. The monoisotopic (exact) mass is 384 g/mol. The second kappa shape index (κ2) is 7.87. The number of nitrogens with zero attached hydrogens (tertiary/aromatic N) is 6. The molecule has 3 aromatic rings. The van der Waals surface area contributed by atoms with E-state index >= 15 is 0 Å². The number of benzene rings is 1. The number of aryl methyl sites for hydroxylation is 1. The highest BCUT2D eigenvalue weighted by atomic mass is 19.1. The molecule has 0 fully saturated rings. The Morgan fingerprint density at radius 1 is 1.25 bits per heavy atom. The third-order valence-corrected chi connectivity index (χ3v) is 4.86. The summed E-state index contributed by atoms with van der Waals surface area (Å²) in [7, 11) is 0. The second-order valence-electron chi connectivity index (χ2n) is 6.76. The Balaban J connectivity index is 1.53. The largest absolute Gasteiger partial charge is 0.453 e. The Bertz CT molecular complexity index is 979. The molecule has 28 heavy (non-hydrogen) atoms. The third-order valence-electron chi connectivity index (χ3n) is 4.86. The first-order chi connectivity index (χ1) is 13.7. The topological polar surface area (TPSA) is 87.7 Å². The van der Waals surface area contributed by atoms with E-state index in [2.05, 4.69) is 27.5 Å². The standard InChI is InChI=1S/C19H21FN6O2/c1-2-3-11-25-17(21-23-24-25)12-28-19(27)18-15-5-4-6-16(15)26(22-18)14-9-7-13(20)8-10-14/h7-10H,2-6,11-12H2,1H3. The summed E-state index contributed by atoms with van der Waals surface area (Å²) in [5.74, 6) is -0.298. The Labute approximate surface area is 161 Å². The van der Waals surface area contributed by atoms with Crippen molar-refractivity contribution in [2.45, 2.75) is 52.2 Å². The summed E-state index contributed by atoms with van der Waals surface area (Å²) in [6.45, 7) is 2.76. The van der Waals surface area contributed by atoms with Crippen molar-refractivity contribution >= 4 is 5.97 Å². The Kier molecular flexibility index (Phi) is 5.14. The molecule has 0 bridgehead atoms. The maximum absolute atomic E-state index is 13.2. The molecule has 1 aliphatic carbocycles. The van der Waals surface area contributed by atoms with Gasteiger partial charge in [0.25, 0.3) is 0 Å². The summed E-state index contributed by atoms with van der Waals surface area (Å²) in [6.07, 6.45) is 4.51. The maximum Gasteiger partial charge on any atom is 0.359 e. The highest BCUT2D eigenvalue weighted by molar-refractivity contribution is 5.89. The van der Waals surface area contributed by atoms with Gasteiger partial charge in [0.15, 0.2) is 18.1 Å². The Morgan fingerprint density at radius 3 is 2.86 bits per heavy atom. The van der Waals surface area contributed by atoms with E-state index in [1.54, 1.807) is 21.5 Å². The van der Waals surface area contributed by atoms with Crippen molar-refractivity contribution in [3.05, 3.63) is 52.9 Å². The first-order valence-corrected chi connectivity index (χ1v) is 9.46. The summed E-state index contributed by atoms with van der Waals surface area (Å²) in [5, 5.41) is 16.0. The molecule has 2 heterocycles. The van der Waals surface area contributed by atoms with Crippen LogP contribution in [0.1, 0.15) is 53.8 Å². The number of carbonyl (C=O) groups is 1. The van der Waals surface area contributed by atoms with Gasteiger partial charge >= 0.3 is 5.97 Å². The molecule has 1 aliphatic rings. The normalized spacial score (nSPS) is 12.9. The molecular weight excluding hydrogens is 363 g/mol. The van der Waals surface area contributed by atoms with Crippen LogP contribution in [0.5, 0.6) is 0 Å². The maximum atomic E-state index is 13.2. The summed E-state index contributed by atoms with van der Waals surface area (Å²) in [6, 6.07) is 6.06. The molecule has 0 radical (unpaired) electrons. The van der Waals surface area contributed by atoms with Gasteiger partial charge in [0.05, 0.1) is 5.69 Å². The van der Waals surface area contributed by atoms with E-state index in [1.807, 2.05) is 0 Å². The van der Waals surface area contributed by atoms with Gasteiger partial charge in [0.1, 0.15) is 5.82 Å². The number of halogens is 1. The van der Waals surface area contributed by atoms with Crippen LogP contribution in [0.15, 0.2) is 24.3 Å². The SMILES string of the molecule is CCCCn1nnnc1COC(=O)c1nn(-c2ccc(F)cc2)c2c1CCC2. The van der Waals surface area contributed by atoms with Crippen LogP contribution in [0.25, 0.3) is 5.69 Å². The van der Waals surface area contributed by atoms with Gasteiger partial charge in [-0.05, 0) is 60.4 Å². The highest BCUT2D eigenvalue weighted by Gasteiger charge is 2.28. The van der Waals surface area contributed by atoms with Crippen LogP contribution in [0.2, 0.25) is 0 Å². The van der Waals surface area contributed by atoms with E-state index in [9.17, 15) is 9.18 Å². The molecule has 0 N–H and O–H groups in total. The number of fused-ring (bicyclic) bond motifs is 1. The van der Waals surface area contributed by atoms with Crippen molar-refractivity contribution in [1.82, 2.24) is 30.0 Å². The highest BCUT2D eigenvalue weighted by Crippen LogP contribution is 2.28. The zero-order valence-corrected chi connectivity index (χ0v) is 15.6. The average Bonchev–Trinajstić information content (AvgIpc) is 3.41. The van der Waals surface area contributed by atoms with Crippen molar-refractivity contribution in [3.8, 4) is 5.69 Å². The second-order valence-corrected chi connectivity index (χ2v) is 6.76. The van der Waals surface area contributed by atoms with Crippen LogP contribution in [-0.4, -0.2) is 36.0 Å². The number of rotatable bonds is 7. The van der Waals surface area contributed by atoms with E-state index in [0.29, 0.717) is 18.1 Å². The fraction of sp³-hybridized carbons (Fsp3) is 0.421. The van der Waals surface area contributed by atoms with Gasteiger partial charge in [-0.25, -0.2) is 18.5 Å². The quantitative estimate of drug-likeness (QED) is 0.582. The van der Waals surface area contributed by atoms with Gasteiger partial charge in [-0.2, -0.15) is 5.10 Å². The lowest BCUT2D eigenvalue weighted by atomic mass is 10.2. The molecule has 0 spiro atoms. The van der Waals surface area contributed by atoms with Crippen molar-refractivity contribution in [2.24, 2.45) is 0 Å². The molecule has 0 unspecified atom stereocenters. The van der Waals surface area contributed by atoms with Gasteiger partial charge in [0.2, 0.25) is 0 Å². The molecule has 0 saturated heterocycles. The fourth-order valence-electron chi connectivity index (χ4n) is 3.40. The summed E-state index contributed by atoms with van der Waals surface area (Å²) >= 11 is 0. The molecule has 2 aromatic heterocycles. The van der Waals surface area contributed by atoms with Crippen molar-refractivity contribution in [3.63, 3.8) is 0 Å². The summed E-state index contributed by atoms with van der Waals surface area (Å²) in [5.41, 5.74) is 2.91. The Morgan fingerprint density at radius 2 is 2.07 bits per heavy atom. The number of hydrogen-bond donors (Lipinski definition) is 0. The third kappa shape index (κ3) is 3.51. The first-order valence-electron chi connectivity index (χ1n) is 9.46. The lowest BCUT2D eigenvalue weighted by Gasteiger charge is -2.06. The van der Waals surface area contributed by atoms with Gasteiger partial charge < -0.3 is 4.74 Å². The summed E-state index contributed by atoms with van der Waals surface area (Å²) in [4.78, 5) is 12.7. The number of carbonyl (C=O) groups excluding carboxylic acids is 1. The predicted molar refractivity (Wildman–Crippen MR) is 97.4 cm³/mol. The molecule has 8 nitrogen and oxygen atoms in total. The predicted octanol–water partition coefficient (Wildman–Crippen LogP) is 2.64. The van der Waals surface area contributed by atoms with Crippen molar-refractivity contribution in [1.29, 1.82) is 0 Å². The van der Waals surface area contributed by atoms with E-state index in [0.717, 1.165) is 49.0 Å². The number of ether oxygens (including phenoxy) is 1. The van der Waals surface area contributed by atoms with E-state index < -0.39 is 5.97 Å². The lowest BCUT2D eigenvalue weighted by molar-refractivity contribution is 0.0447. The smallest absolute Gasteiger partial charge is 0.359 e. The van der Waals surface area contributed by atoms with Gasteiger partial charge in [-0.3, -0.25) is 0 Å². The molecule has 1 aromatic carbocycles. The van der Waals surface area contributed by atoms with Crippen LogP contribution in [-0.2, 0) is 30.7 Å². The molecule has 0 atom stereocenters. The van der Waals surface area contributed by atoms with E-state index in [4.69, 9.17) is 4.74 Å². The number of hydrogen-bond acceptors (Lipinski definition) is 6. The van der Waals surface area contributed by atoms with Gasteiger partial charge in [-0.15, -0.1) is 5.10 Å². The number of tetrazole rings is 1. The van der Waals surface area contributed by atoms with Crippen molar-refractivity contribution < 1.29 is 13.9 Å². The zero-order chi connectivity index (χ0) is 19.5. The first kappa shape index (κ1) is 18.3. The van der Waals surface area contributed by atoms with E-state index in [-0.39, 0.29) is 12.4 Å². The van der Waals surface area contributed by atoms with Crippen LogP contribution in [0, 0.1) is 5.82 Å². The van der Waals surface area contributed by atoms with Crippen LogP contribution >= 0.6 is 0 Å². The molecule has 0 amide bonds. The van der Waals surface area contributed by atoms with Gasteiger partial charge in [0, 0.05) is 17.8 Å². The number of esters is 1. The van der Waals surface area contributed by atoms with Gasteiger partial charge in [-0.1, -0.05) is 13.3 Å². The molecule has 0 saturated carbocycles. The minimum atomic E-state index is -0.496. The van der Waals surface area contributed by atoms with Crippen LogP contribution in [0.3, 0.4) is 0 Å². The average molecular weight is 384 g/mol. The molecule has 9 heteroatoms.